The molecule has 0 aliphatic heterocycles. The SMILES string of the molecule is O=C(O)CCCCCCCCCCC#CC#CCCCCCCCCCCC(=O)O. The van der Waals surface area contributed by atoms with Crippen molar-refractivity contribution in [1.82, 2.24) is 0 Å². The van der Waals surface area contributed by atoms with Crippen LogP contribution in [0.4, 0.5) is 0 Å². The number of hydrogen-bond acceptors (Lipinski definition) is 2. The van der Waals surface area contributed by atoms with Gasteiger partial charge < -0.3 is 10.2 Å². The van der Waals surface area contributed by atoms with Gasteiger partial charge in [0.05, 0.1) is 0 Å². The maximum atomic E-state index is 10.4. The van der Waals surface area contributed by atoms with Crippen molar-refractivity contribution < 1.29 is 19.8 Å². The number of carbonyl (C=O) groups is 2. The summed E-state index contributed by atoms with van der Waals surface area (Å²) in [6, 6.07) is 0. The van der Waals surface area contributed by atoms with Gasteiger partial charge in [-0.25, -0.2) is 0 Å². The van der Waals surface area contributed by atoms with E-state index < -0.39 is 11.9 Å². The Labute approximate surface area is 184 Å². The maximum Gasteiger partial charge on any atom is 0.303 e. The molecule has 0 aromatic rings. The quantitative estimate of drug-likeness (QED) is 0.165. The minimum Gasteiger partial charge on any atom is -0.481 e. The Morgan fingerprint density at radius 3 is 1.00 bits per heavy atom. The molecule has 0 heterocycles. The minimum absolute atomic E-state index is 0.306. The summed E-state index contributed by atoms with van der Waals surface area (Å²) >= 11 is 0. The van der Waals surface area contributed by atoms with Crippen molar-refractivity contribution in [3.63, 3.8) is 0 Å². The van der Waals surface area contributed by atoms with E-state index in [4.69, 9.17) is 10.2 Å². The van der Waals surface area contributed by atoms with Crippen LogP contribution in [0.5, 0.6) is 0 Å². The summed E-state index contributed by atoms with van der Waals surface area (Å²) in [5.74, 6) is 10.8. The standard InChI is InChI=1S/C26H42O4/c27-25(28)23-21-19-17-15-13-11-9-7-5-3-1-2-4-6-8-10-12-14-16-18-20-22-24-26(29)30/h5-24H2,(H,27,28)(H,29,30). The van der Waals surface area contributed by atoms with Crippen molar-refractivity contribution in [3.8, 4) is 23.7 Å². The van der Waals surface area contributed by atoms with E-state index >= 15 is 0 Å². The molecule has 0 fully saturated rings. The van der Waals surface area contributed by atoms with Gasteiger partial charge in [-0.2, -0.15) is 0 Å². The molecule has 0 aromatic heterocycles. The Balaban J connectivity index is 3.26. The third-order valence-electron chi connectivity index (χ3n) is 5.12. The largest absolute Gasteiger partial charge is 0.481 e. The smallest absolute Gasteiger partial charge is 0.303 e. The second-order valence-electron chi connectivity index (χ2n) is 8.05. The topological polar surface area (TPSA) is 74.6 Å². The van der Waals surface area contributed by atoms with E-state index in [1.54, 1.807) is 0 Å². The lowest BCUT2D eigenvalue weighted by Gasteiger charge is -2.00. The number of unbranched alkanes of at least 4 members (excludes halogenated alkanes) is 16. The highest BCUT2D eigenvalue weighted by atomic mass is 16.4. The molecule has 0 amide bonds. The lowest BCUT2D eigenvalue weighted by molar-refractivity contribution is -0.138. The Morgan fingerprint density at radius 2 is 0.700 bits per heavy atom. The number of hydrogen-bond donors (Lipinski definition) is 2. The first-order chi connectivity index (χ1) is 14.6. The molecular weight excluding hydrogens is 376 g/mol. The molecule has 0 aliphatic carbocycles. The van der Waals surface area contributed by atoms with Crippen LogP contribution in [0, 0.1) is 23.7 Å². The van der Waals surface area contributed by atoms with Crippen molar-refractivity contribution in [2.24, 2.45) is 0 Å². The van der Waals surface area contributed by atoms with Crippen LogP contribution in [0.2, 0.25) is 0 Å². The Bertz CT molecular complexity index is 495. The summed E-state index contributed by atoms with van der Waals surface area (Å²) in [5, 5.41) is 17.1. The normalized spacial score (nSPS) is 10.0. The van der Waals surface area contributed by atoms with Gasteiger partial charge >= 0.3 is 11.9 Å². The fourth-order valence-corrected chi connectivity index (χ4v) is 3.31. The second-order valence-corrected chi connectivity index (χ2v) is 8.05. The van der Waals surface area contributed by atoms with Gasteiger partial charge in [-0.3, -0.25) is 9.59 Å². The molecule has 0 rings (SSSR count). The molecule has 0 aliphatic rings. The highest BCUT2D eigenvalue weighted by Crippen LogP contribution is 2.11. The van der Waals surface area contributed by atoms with Crippen LogP contribution < -0.4 is 0 Å². The van der Waals surface area contributed by atoms with Crippen LogP contribution in [0.25, 0.3) is 0 Å². The van der Waals surface area contributed by atoms with Gasteiger partial charge in [0.2, 0.25) is 0 Å². The van der Waals surface area contributed by atoms with Crippen molar-refractivity contribution in [2.45, 2.75) is 128 Å². The highest BCUT2D eigenvalue weighted by Gasteiger charge is 1.97. The molecular formula is C26H42O4. The lowest BCUT2D eigenvalue weighted by atomic mass is 10.1. The summed E-state index contributed by atoms with van der Waals surface area (Å²) < 4.78 is 0. The van der Waals surface area contributed by atoms with Gasteiger partial charge in [0, 0.05) is 25.7 Å². The van der Waals surface area contributed by atoms with Crippen LogP contribution >= 0.6 is 0 Å². The van der Waals surface area contributed by atoms with Crippen molar-refractivity contribution in [2.75, 3.05) is 0 Å². The molecule has 2 N–H and O–H groups in total. The molecule has 0 spiro atoms. The molecule has 0 unspecified atom stereocenters. The molecule has 4 heteroatoms. The Morgan fingerprint density at radius 1 is 0.433 bits per heavy atom. The number of aliphatic carboxylic acids is 2. The van der Waals surface area contributed by atoms with Gasteiger partial charge in [0.15, 0.2) is 0 Å². The van der Waals surface area contributed by atoms with E-state index in [1.165, 1.54) is 51.4 Å². The minimum atomic E-state index is -0.685. The molecule has 0 bridgehead atoms. The molecule has 170 valence electrons. The van der Waals surface area contributed by atoms with E-state index in [2.05, 4.69) is 23.7 Å². The predicted molar refractivity (Wildman–Crippen MR) is 123 cm³/mol. The molecule has 0 saturated carbocycles. The van der Waals surface area contributed by atoms with Gasteiger partial charge in [-0.1, -0.05) is 88.9 Å². The van der Waals surface area contributed by atoms with Gasteiger partial charge in [-0.05, 0) is 37.5 Å². The Hall–Kier alpha value is -1.94. The van der Waals surface area contributed by atoms with Gasteiger partial charge in [-0.15, -0.1) is 0 Å². The predicted octanol–water partition coefficient (Wildman–Crippen LogP) is 6.96. The third-order valence-corrected chi connectivity index (χ3v) is 5.12. The van der Waals surface area contributed by atoms with E-state index in [0.717, 1.165) is 64.2 Å². The summed E-state index contributed by atoms with van der Waals surface area (Å²) in [6.45, 7) is 0. The fraction of sp³-hybridized carbons (Fsp3) is 0.769. The first-order valence-electron chi connectivity index (χ1n) is 12.0. The monoisotopic (exact) mass is 418 g/mol. The first kappa shape index (κ1) is 28.1. The summed E-state index contributed by atoms with van der Waals surface area (Å²) in [4.78, 5) is 20.8. The van der Waals surface area contributed by atoms with Crippen LogP contribution in [0.15, 0.2) is 0 Å². The van der Waals surface area contributed by atoms with Gasteiger partial charge in [0.1, 0.15) is 0 Å². The maximum absolute atomic E-state index is 10.4. The van der Waals surface area contributed by atoms with Crippen LogP contribution in [0.1, 0.15) is 128 Å². The average molecular weight is 419 g/mol. The van der Waals surface area contributed by atoms with Crippen molar-refractivity contribution in [3.05, 3.63) is 0 Å². The summed E-state index contributed by atoms with van der Waals surface area (Å²) in [5.41, 5.74) is 0. The van der Waals surface area contributed by atoms with E-state index in [0.29, 0.717) is 12.8 Å². The number of rotatable bonds is 20. The zero-order valence-electron chi connectivity index (χ0n) is 18.9. The number of carboxylic acid groups (broad SMARTS) is 2. The van der Waals surface area contributed by atoms with E-state index in [1.807, 2.05) is 0 Å². The number of carboxylic acids is 2. The Kier molecular flexibility index (Phi) is 21.8. The van der Waals surface area contributed by atoms with Crippen LogP contribution in [0.3, 0.4) is 0 Å². The van der Waals surface area contributed by atoms with Gasteiger partial charge in [0.25, 0.3) is 0 Å². The molecule has 4 nitrogen and oxygen atoms in total. The van der Waals surface area contributed by atoms with E-state index in [-0.39, 0.29) is 0 Å². The van der Waals surface area contributed by atoms with Crippen molar-refractivity contribution >= 4 is 11.9 Å². The summed E-state index contributed by atoms with van der Waals surface area (Å²) in [6.07, 6.45) is 20.6. The van der Waals surface area contributed by atoms with Crippen LogP contribution in [-0.4, -0.2) is 22.2 Å². The fourth-order valence-electron chi connectivity index (χ4n) is 3.31. The average Bonchev–Trinajstić information content (AvgIpc) is 2.70. The molecule has 0 aromatic carbocycles. The lowest BCUT2D eigenvalue weighted by Crippen LogP contribution is -1.93. The molecule has 0 saturated heterocycles. The molecule has 0 atom stereocenters. The molecule has 0 radical (unpaired) electrons. The third kappa shape index (κ3) is 26.1. The highest BCUT2D eigenvalue weighted by molar-refractivity contribution is 5.66. The van der Waals surface area contributed by atoms with E-state index in [9.17, 15) is 9.59 Å². The second kappa shape index (κ2) is 23.3. The molecule has 30 heavy (non-hydrogen) atoms. The van der Waals surface area contributed by atoms with Crippen LogP contribution in [-0.2, 0) is 9.59 Å². The zero-order chi connectivity index (χ0) is 22.1. The summed E-state index contributed by atoms with van der Waals surface area (Å²) in [7, 11) is 0. The zero-order valence-corrected chi connectivity index (χ0v) is 18.9. The van der Waals surface area contributed by atoms with Crippen molar-refractivity contribution in [1.29, 1.82) is 0 Å². The first-order valence-corrected chi connectivity index (χ1v) is 12.0.